The van der Waals surface area contributed by atoms with Crippen LogP contribution in [0.1, 0.15) is 50.4 Å². The Hall–Kier alpha value is -1.93. The van der Waals surface area contributed by atoms with E-state index in [0.29, 0.717) is 13.1 Å². The van der Waals surface area contributed by atoms with Crippen molar-refractivity contribution < 1.29 is 18.0 Å². The first kappa shape index (κ1) is 20.4. The number of amides is 2. The Morgan fingerprint density at radius 2 is 1.77 bits per heavy atom. The normalized spacial score (nSPS) is 16.1. The van der Waals surface area contributed by atoms with Crippen LogP contribution in [0.25, 0.3) is 0 Å². The topological polar surface area (TPSA) is 95.6 Å². The number of rotatable bonds is 5. The largest absolute Gasteiger partial charge is 0.350 e. The third kappa shape index (κ3) is 5.54. The van der Waals surface area contributed by atoms with Crippen molar-refractivity contribution in [2.24, 2.45) is 0 Å². The Labute approximate surface area is 155 Å². The van der Waals surface area contributed by atoms with Crippen LogP contribution in [0.4, 0.5) is 0 Å². The lowest BCUT2D eigenvalue weighted by Gasteiger charge is -2.26. The van der Waals surface area contributed by atoms with Crippen molar-refractivity contribution in [1.82, 2.24) is 14.9 Å². The number of carbonyl (C=O) groups excluding carboxylic acids is 2. The molecule has 0 atom stereocenters. The molecule has 0 aromatic heterocycles. The fraction of sp³-hybridized carbons (Fsp3) is 0.556. The van der Waals surface area contributed by atoms with Crippen LogP contribution < -0.4 is 10.6 Å². The van der Waals surface area contributed by atoms with Gasteiger partial charge < -0.3 is 10.6 Å². The van der Waals surface area contributed by atoms with E-state index in [2.05, 4.69) is 10.6 Å². The number of hydrogen-bond donors (Lipinski definition) is 2. The van der Waals surface area contributed by atoms with Gasteiger partial charge in [-0.3, -0.25) is 9.59 Å². The minimum Gasteiger partial charge on any atom is -0.350 e. The van der Waals surface area contributed by atoms with Crippen LogP contribution in [0, 0.1) is 0 Å². The lowest BCUT2D eigenvalue weighted by molar-refractivity contribution is -0.121. The molecule has 7 nitrogen and oxygen atoms in total. The van der Waals surface area contributed by atoms with Crippen molar-refractivity contribution in [1.29, 1.82) is 0 Å². The Bertz CT molecular complexity index is 763. The highest BCUT2D eigenvalue weighted by Gasteiger charge is 2.26. The first-order valence-electron chi connectivity index (χ1n) is 8.79. The van der Waals surface area contributed by atoms with Gasteiger partial charge in [0.05, 0.1) is 11.4 Å². The first-order chi connectivity index (χ1) is 12.1. The molecule has 1 saturated heterocycles. The highest BCUT2D eigenvalue weighted by atomic mass is 32.2. The van der Waals surface area contributed by atoms with Crippen molar-refractivity contribution >= 4 is 21.8 Å². The van der Waals surface area contributed by atoms with Crippen LogP contribution in [-0.4, -0.2) is 49.7 Å². The summed E-state index contributed by atoms with van der Waals surface area (Å²) in [6, 6.07) is 5.93. The SMILES string of the molecule is CC(C)(C)NC(=O)CNC(=O)c1cccc(S(=O)(=O)N2CCCCC2)c1. The molecule has 26 heavy (non-hydrogen) atoms. The first-order valence-corrected chi connectivity index (χ1v) is 10.2. The zero-order chi connectivity index (χ0) is 19.4. The van der Waals surface area contributed by atoms with Gasteiger partial charge in [0.2, 0.25) is 15.9 Å². The smallest absolute Gasteiger partial charge is 0.251 e. The van der Waals surface area contributed by atoms with E-state index in [9.17, 15) is 18.0 Å². The molecule has 1 aliphatic rings. The van der Waals surface area contributed by atoms with Crippen molar-refractivity contribution in [3.63, 3.8) is 0 Å². The number of nitrogens with zero attached hydrogens (tertiary/aromatic N) is 1. The number of sulfonamides is 1. The van der Waals surface area contributed by atoms with Gasteiger partial charge in [-0.15, -0.1) is 0 Å². The molecule has 1 fully saturated rings. The molecule has 2 N–H and O–H groups in total. The number of carbonyl (C=O) groups is 2. The van der Waals surface area contributed by atoms with Gasteiger partial charge in [0.25, 0.3) is 5.91 Å². The summed E-state index contributed by atoms with van der Waals surface area (Å²) in [6.45, 7) is 6.39. The molecule has 1 aromatic carbocycles. The van der Waals surface area contributed by atoms with Gasteiger partial charge in [0, 0.05) is 24.2 Å². The second kappa shape index (κ2) is 8.18. The number of hydrogen-bond acceptors (Lipinski definition) is 4. The van der Waals surface area contributed by atoms with Gasteiger partial charge in [-0.2, -0.15) is 4.31 Å². The van der Waals surface area contributed by atoms with Crippen LogP contribution in [0.2, 0.25) is 0 Å². The van der Waals surface area contributed by atoms with Crippen LogP contribution in [0.15, 0.2) is 29.2 Å². The van der Waals surface area contributed by atoms with E-state index in [1.165, 1.54) is 22.5 Å². The van der Waals surface area contributed by atoms with E-state index >= 15 is 0 Å². The molecule has 0 saturated carbocycles. The lowest BCUT2D eigenvalue weighted by Crippen LogP contribution is -2.45. The molecule has 0 bridgehead atoms. The molecule has 144 valence electrons. The summed E-state index contributed by atoms with van der Waals surface area (Å²) >= 11 is 0. The third-order valence-corrected chi connectivity index (χ3v) is 5.87. The number of piperidine rings is 1. The van der Waals surface area contributed by atoms with Crippen LogP contribution >= 0.6 is 0 Å². The van der Waals surface area contributed by atoms with Crippen molar-refractivity contribution in [3.8, 4) is 0 Å². The van der Waals surface area contributed by atoms with Crippen molar-refractivity contribution in [3.05, 3.63) is 29.8 Å². The summed E-state index contributed by atoms with van der Waals surface area (Å²) in [5.74, 6) is -0.785. The summed E-state index contributed by atoms with van der Waals surface area (Å²) in [5.41, 5.74) is -0.170. The van der Waals surface area contributed by atoms with E-state index in [-0.39, 0.29) is 28.4 Å². The molecule has 0 aliphatic carbocycles. The fourth-order valence-electron chi connectivity index (χ4n) is 2.78. The van der Waals surface area contributed by atoms with Gasteiger partial charge in [-0.1, -0.05) is 12.5 Å². The maximum atomic E-state index is 12.7. The Kier molecular flexibility index (Phi) is 6.41. The summed E-state index contributed by atoms with van der Waals surface area (Å²) in [5, 5.41) is 5.27. The molecule has 8 heteroatoms. The Balaban J connectivity index is 2.06. The molecular formula is C18H27N3O4S. The van der Waals surface area contributed by atoms with E-state index in [1.807, 2.05) is 20.8 Å². The second-order valence-corrected chi connectivity index (χ2v) is 9.41. The number of benzene rings is 1. The summed E-state index contributed by atoms with van der Waals surface area (Å²) in [6.07, 6.45) is 2.73. The summed E-state index contributed by atoms with van der Waals surface area (Å²) in [4.78, 5) is 24.2. The van der Waals surface area contributed by atoms with E-state index in [1.54, 1.807) is 6.07 Å². The predicted octanol–water partition coefficient (Wildman–Crippen LogP) is 1.51. The average Bonchev–Trinajstić information content (AvgIpc) is 2.59. The third-order valence-electron chi connectivity index (χ3n) is 3.97. The minimum atomic E-state index is -3.60. The van der Waals surface area contributed by atoms with Crippen LogP contribution in [0.5, 0.6) is 0 Å². The average molecular weight is 381 g/mol. The molecule has 0 spiro atoms. The van der Waals surface area contributed by atoms with Crippen LogP contribution in [-0.2, 0) is 14.8 Å². The van der Waals surface area contributed by atoms with Gasteiger partial charge in [0.15, 0.2) is 0 Å². The molecule has 1 heterocycles. The quantitative estimate of drug-likeness (QED) is 0.808. The van der Waals surface area contributed by atoms with Crippen molar-refractivity contribution in [2.45, 2.75) is 50.5 Å². The van der Waals surface area contributed by atoms with Crippen molar-refractivity contribution in [2.75, 3.05) is 19.6 Å². The predicted molar refractivity (Wildman–Crippen MR) is 99.3 cm³/mol. The fourth-order valence-corrected chi connectivity index (χ4v) is 4.34. The lowest BCUT2D eigenvalue weighted by atomic mass is 10.1. The molecular weight excluding hydrogens is 354 g/mol. The highest BCUT2D eigenvalue weighted by Crippen LogP contribution is 2.21. The van der Waals surface area contributed by atoms with Gasteiger partial charge in [0.1, 0.15) is 0 Å². The molecule has 2 amide bonds. The standard InChI is InChI=1S/C18H27N3O4S/c1-18(2,3)20-16(22)13-19-17(23)14-8-7-9-15(12-14)26(24,25)21-10-5-4-6-11-21/h7-9,12H,4-6,10-11,13H2,1-3H3,(H,19,23)(H,20,22). The maximum absolute atomic E-state index is 12.7. The van der Waals surface area contributed by atoms with E-state index in [4.69, 9.17) is 0 Å². The van der Waals surface area contributed by atoms with Gasteiger partial charge >= 0.3 is 0 Å². The second-order valence-electron chi connectivity index (χ2n) is 7.47. The Morgan fingerprint density at radius 3 is 2.38 bits per heavy atom. The minimum absolute atomic E-state index is 0.103. The summed E-state index contributed by atoms with van der Waals surface area (Å²) < 4.78 is 26.9. The van der Waals surface area contributed by atoms with Gasteiger partial charge in [-0.25, -0.2) is 8.42 Å². The molecule has 1 aromatic rings. The number of nitrogens with one attached hydrogen (secondary N) is 2. The highest BCUT2D eigenvalue weighted by molar-refractivity contribution is 7.89. The molecule has 0 radical (unpaired) electrons. The van der Waals surface area contributed by atoms with E-state index < -0.39 is 15.9 Å². The summed E-state index contributed by atoms with van der Waals surface area (Å²) in [7, 11) is -3.60. The Morgan fingerprint density at radius 1 is 1.12 bits per heavy atom. The zero-order valence-corrected chi connectivity index (χ0v) is 16.4. The van der Waals surface area contributed by atoms with Gasteiger partial charge in [-0.05, 0) is 51.8 Å². The monoisotopic (exact) mass is 381 g/mol. The zero-order valence-electron chi connectivity index (χ0n) is 15.5. The molecule has 2 rings (SSSR count). The van der Waals surface area contributed by atoms with Crippen LogP contribution in [0.3, 0.4) is 0 Å². The van der Waals surface area contributed by atoms with E-state index in [0.717, 1.165) is 19.3 Å². The molecule has 0 unspecified atom stereocenters. The molecule has 1 aliphatic heterocycles. The maximum Gasteiger partial charge on any atom is 0.251 e.